The van der Waals surface area contributed by atoms with Gasteiger partial charge in [0.1, 0.15) is 11.8 Å². The fourth-order valence-corrected chi connectivity index (χ4v) is 3.32. The summed E-state index contributed by atoms with van der Waals surface area (Å²) in [4.78, 5) is 34.3. The minimum absolute atomic E-state index is 0.0990. The van der Waals surface area contributed by atoms with Crippen molar-refractivity contribution in [2.75, 3.05) is 7.11 Å². The Bertz CT molecular complexity index is 1020. The number of thioether (sulfide) groups is 1. The minimum Gasteiger partial charge on any atom is -0.468 e. The molecule has 1 aliphatic rings. The lowest BCUT2D eigenvalue weighted by atomic mass is 10.1. The number of nitrogens with one attached hydrogen (secondary N) is 1. The van der Waals surface area contributed by atoms with Gasteiger partial charge in [-0.25, -0.2) is 8.78 Å². The van der Waals surface area contributed by atoms with Crippen LogP contribution in [-0.4, -0.2) is 30.3 Å². The Balaban J connectivity index is 1.73. The number of nitrogens with two attached hydrogens (primary N) is 1. The van der Waals surface area contributed by atoms with Gasteiger partial charge >= 0.3 is 5.97 Å². The quantitative estimate of drug-likeness (QED) is 0.531. The molecule has 2 aromatic carbocycles. The molecule has 0 aliphatic carbocycles. The van der Waals surface area contributed by atoms with Gasteiger partial charge in [0.05, 0.1) is 12.0 Å². The summed E-state index contributed by atoms with van der Waals surface area (Å²) < 4.78 is 38.5. The van der Waals surface area contributed by atoms with Crippen molar-refractivity contribution in [2.45, 2.75) is 12.5 Å². The van der Waals surface area contributed by atoms with Gasteiger partial charge in [0.2, 0.25) is 0 Å². The van der Waals surface area contributed by atoms with Gasteiger partial charge in [0.15, 0.2) is 17.4 Å². The van der Waals surface area contributed by atoms with Crippen LogP contribution in [0.1, 0.15) is 11.1 Å². The van der Waals surface area contributed by atoms with Crippen LogP contribution in [0.4, 0.5) is 13.6 Å². The number of benzene rings is 2. The first-order valence-electron chi connectivity index (χ1n) is 8.61. The molecule has 1 heterocycles. The number of halogens is 2. The fourth-order valence-electron chi connectivity index (χ4n) is 2.64. The molecule has 1 unspecified atom stereocenters. The van der Waals surface area contributed by atoms with Crippen molar-refractivity contribution in [2.24, 2.45) is 5.73 Å². The van der Waals surface area contributed by atoms with E-state index >= 15 is 0 Å². The molecule has 2 aromatic rings. The molecule has 3 rings (SSSR count). The van der Waals surface area contributed by atoms with E-state index < -0.39 is 40.5 Å². The Hall–Kier alpha value is -3.24. The third-order valence-corrected chi connectivity index (χ3v) is 4.87. The predicted octanol–water partition coefficient (Wildman–Crippen LogP) is 3.12. The number of ether oxygens (including phenoxy) is 2. The van der Waals surface area contributed by atoms with E-state index in [0.29, 0.717) is 5.56 Å². The summed E-state index contributed by atoms with van der Waals surface area (Å²) in [6.07, 6.45) is 1.41. The lowest BCUT2D eigenvalue weighted by Gasteiger charge is -2.12. The zero-order chi connectivity index (χ0) is 21.8. The summed E-state index contributed by atoms with van der Waals surface area (Å²) >= 11 is 0.781. The Kier molecular flexibility index (Phi) is 6.48. The van der Waals surface area contributed by atoms with Gasteiger partial charge in [-0.15, -0.1) is 0 Å². The Labute approximate surface area is 174 Å². The third-order valence-electron chi connectivity index (χ3n) is 4.06. The summed E-state index contributed by atoms with van der Waals surface area (Å²) in [6, 6.07) is 7.09. The molecule has 3 N–H and O–H groups in total. The lowest BCUT2D eigenvalue weighted by Crippen LogP contribution is -2.33. The first kappa shape index (κ1) is 21.5. The number of methoxy groups -OCH3 is 1. The van der Waals surface area contributed by atoms with E-state index in [1.807, 2.05) is 0 Å². The lowest BCUT2D eigenvalue weighted by molar-refractivity contribution is -0.142. The first-order valence-corrected chi connectivity index (χ1v) is 9.42. The molecule has 0 spiro atoms. The van der Waals surface area contributed by atoms with Crippen LogP contribution in [0.5, 0.6) is 11.5 Å². The van der Waals surface area contributed by atoms with Crippen LogP contribution in [0.3, 0.4) is 0 Å². The zero-order valence-electron chi connectivity index (χ0n) is 15.6. The van der Waals surface area contributed by atoms with Gasteiger partial charge in [-0.05, 0) is 59.7 Å². The van der Waals surface area contributed by atoms with Crippen molar-refractivity contribution in [1.29, 1.82) is 0 Å². The maximum Gasteiger partial charge on any atom is 0.322 e. The zero-order valence-corrected chi connectivity index (χ0v) is 16.4. The molecule has 1 fully saturated rings. The van der Waals surface area contributed by atoms with Crippen LogP contribution in [0.2, 0.25) is 0 Å². The monoisotopic (exact) mass is 434 g/mol. The van der Waals surface area contributed by atoms with Crippen molar-refractivity contribution < 1.29 is 32.6 Å². The van der Waals surface area contributed by atoms with E-state index in [-0.39, 0.29) is 22.6 Å². The maximum atomic E-state index is 14.3. The molecular formula is C20H16F2N2O5S. The van der Waals surface area contributed by atoms with Gasteiger partial charge in [0.25, 0.3) is 11.1 Å². The SMILES string of the molecule is COC(=O)C(N)Cc1cc(F)c(Oc2ccc(C=C3SC(=O)NC3=O)cc2)c(F)c1. The van der Waals surface area contributed by atoms with Crippen molar-refractivity contribution in [1.82, 2.24) is 5.32 Å². The summed E-state index contributed by atoms with van der Waals surface area (Å²) in [5.74, 6) is -3.52. The van der Waals surface area contributed by atoms with Crippen molar-refractivity contribution in [3.8, 4) is 11.5 Å². The molecule has 7 nitrogen and oxygen atoms in total. The van der Waals surface area contributed by atoms with E-state index in [4.69, 9.17) is 10.5 Å². The molecule has 1 saturated heterocycles. The van der Waals surface area contributed by atoms with Crippen molar-refractivity contribution in [3.63, 3.8) is 0 Å². The Morgan fingerprint density at radius 1 is 1.20 bits per heavy atom. The molecule has 156 valence electrons. The maximum absolute atomic E-state index is 14.3. The highest BCUT2D eigenvalue weighted by Gasteiger charge is 2.25. The number of hydrogen-bond acceptors (Lipinski definition) is 7. The molecule has 2 amide bonds. The minimum atomic E-state index is -1.04. The van der Waals surface area contributed by atoms with Crippen molar-refractivity contribution >= 4 is 35.0 Å². The number of imide groups is 1. The molecule has 0 radical (unpaired) electrons. The van der Waals surface area contributed by atoms with Crippen LogP contribution in [0.15, 0.2) is 41.3 Å². The van der Waals surface area contributed by atoms with Crippen molar-refractivity contribution in [3.05, 3.63) is 64.1 Å². The largest absolute Gasteiger partial charge is 0.468 e. The molecular weight excluding hydrogens is 418 g/mol. The number of carbonyl (C=O) groups is 3. The van der Waals surface area contributed by atoms with Crippen LogP contribution in [0, 0.1) is 11.6 Å². The Morgan fingerprint density at radius 2 is 1.83 bits per heavy atom. The summed E-state index contributed by atoms with van der Waals surface area (Å²) in [7, 11) is 1.17. The topological polar surface area (TPSA) is 108 Å². The van der Waals surface area contributed by atoms with E-state index in [1.54, 1.807) is 12.1 Å². The van der Waals surface area contributed by atoms with Gasteiger partial charge in [-0.1, -0.05) is 12.1 Å². The predicted molar refractivity (Wildman–Crippen MR) is 106 cm³/mol. The average molecular weight is 434 g/mol. The Morgan fingerprint density at radius 3 is 2.37 bits per heavy atom. The van der Waals surface area contributed by atoms with E-state index in [1.165, 1.54) is 25.3 Å². The number of carbonyl (C=O) groups excluding carboxylic acids is 3. The number of esters is 1. The number of hydrogen-bond donors (Lipinski definition) is 2. The molecule has 0 saturated carbocycles. The fraction of sp³-hybridized carbons (Fsp3) is 0.150. The van der Waals surface area contributed by atoms with Crippen LogP contribution in [0.25, 0.3) is 6.08 Å². The van der Waals surface area contributed by atoms with Crippen LogP contribution < -0.4 is 15.8 Å². The molecule has 1 aliphatic heterocycles. The molecule has 0 bridgehead atoms. The normalized spacial score (nSPS) is 15.8. The molecule has 0 aromatic heterocycles. The highest BCUT2D eigenvalue weighted by Crippen LogP contribution is 2.30. The van der Waals surface area contributed by atoms with E-state index in [9.17, 15) is 23.2 Å². The highest BCUT2D eigenvalue weighted by molar-refractivity contribution is 8.18. The van der Waals surface area contributed by atoms with Gasteiger partial charge in [-0.3, -0.25) is 19.7 Å². The first-order chi connectivity index (χ1) is 14.3. The molecule has 30 heavy (non-hydrogen) atoms. The van der Waals surface area contributed by atoms with Gasteiger partial charge in [0, 0.05) is 0 Å². The third kappa shape index (κ3) is 5.02. The van der Waals surface area contributed by atoms with E-state index in [0.717, 1.165) is 23.9 Å². The number of rotatable bonds is 6. The average Bonchev–Trinajstić information content (AvgIpc) is 3.02. The number of amides is 2. The van der Waals surface area contributed by atoms with Gasteiger partial charge < -0.3 is 15.2 Å². The second kappa shape index (κ2) is 9.06. The summed E-state index contributed by atoms with van der Waals surface area (Å²) in [5.41, 5.74) is 6.39. The summed E-state index contributed by atoms with van der Waals surface area (Å²) in [5, 5.41) is 1.69. The summed E-state index contributed by atoms with van der Waals surface area (Å²) in [6.45, 7) is 0. The van der Waals surface area contributed by atoms with Crippen LogP contribution in [-0.2, 0) is 20.7 Å². The molecule has 1 atom stereocenters. The van der Waals surface area contributed by atoms with E-state index in [2.05, 4.69) is 10.1 Å². The van der Waals surface area contributed by atoms with Crippen LogP contribution >= 0.6 is 11.8 Å². The second-order valence-corrected chi connectivity index (χ2v) is 7.26. The standard InChI is InChI=1S/C20H16F2N2O5S/c1-28-19(26)15(23)8-11-6-13(21)17(14(22)7-11)29-12-4-2-10(3-5-12)9-16-18(25)24-20(27)30-16/h2-7,9,15H,8,23H2,1H3,(H,24,25,27). The highest BCUT2D eigenvalue weighted by atomic mass is 32.2. The van der Waals surface area contributed by atoms with Gasteiger partial charge in [-0.2, -0.15) is 0 Å². The smallest absolute Gasteiger partial charge is 0.322 e. The molecule has 10 heteroatoms. The second-order valence-electron chi connectivity index (χ2n) is 6.25.